The molecule has 3 atom stereocenters. The highest BCUT2D eigenvalue weighted by Crippen LogP contribution is 2.57. The average Bonchev–Trinajstić information content (AvgIpc) is 2.34. The molecule has 1 aliphatic heterocycles. The summed E-state index contributed by atoms with van der Waals surface area (Å²) in [5.74, 6) is -0.000574. The van der Waals surface area contributed by atoms with E-state index in [0.717, 1.165) is 19.4 Å². The van der Waals surface area contributed by atoms with Gasteiger partial charge in [-0.05, 0) is 26.7 Å². The van der Waals surface area contributed by atoms with Crippen LogP contribution in [0.15, 0.2) is 0 Å². The van der Waals surface area contributed by atoms with Crippen molar-refractivity contribution in [2.24, 2.45) is 17.1 Å². The van der Waals surface area contributed by atoms with Crippen molar-refractivity contribution in [3.63, 3.8) is 0 Å². The fourth-order valence-electron chi connectivity index (χ4n) is 3.98. The van der Waals surface area contributed by atoms with Crippen LogP contribution >= 0.6 is 0 Å². The predicted molar refractivity (Wildman–Crippen MR) is 77.1 cm³/mol. The van der Waals surface area contributed by atoms with Gasteiger partial charge >= 0.3 is 0 Å². The van der Waals surface area contributed by atoms with Crippen LogP contribution in [0, 0.1) is 11.3 Å². The Labute approximate surface area is 121 Å². The molecule has 2 fully saturated rings. The number of ether oxygens (including phenoxy) is 1. The van der Waals surface area contributed by atoms with Gasteiger partial charge in [0.15, 0.2) is 0 Å². The Morgan fingerprint density at radius 2 is 2.10 bits per heavy atom. The fourth-order valence-corrected chi connectivity index (χ4v) is 3.98. The summed E-state index contributed by atoms with van der Waals surface area (Å²) < 4.78 is 5.82. The minimum absolute atomic E-state index is 0.0701. The number of fused-ring (bicyclic) bond motifs is 1. The summed E-state index contributed by atoms with van der Waals surface area (Å²) in [6.07, 6.45) is 1.96. The maximum absolute atomic E-state index is 12.8. The third kappa shape index (κ3) is 2.16. The van der Waals surface area contributed by atoms with Crippen molar-refractivity contribution in [2.45, 2.75) is 57.8 Å². The van der Waals surface area contributed by atoms with Crippen LogP contribution in [0.2, 0.25) is 0 Å². The lowest BCUT2D eigenvalue weighted by molar-refractivity contribution is -0.230. The minimum Gasteiger partial charge on any atom is -0.389 e. The van der Waals surface area contributed by atoms with Crippen LogP contribution in [0.4, 0.5) is 0 Å². The van der Waals surface area contributed by atoms with Crippen molar-refractivity contribution in [3.8, 4) is 0 Å². The van der Waals surface area contributed by atoms with Crippen LogP contribution in [0.25, 0.3) is 0 Å². The number of nitrogens with zero attached hydrogens (tertiary/aromatic N) is 1. The van der Waals surface area contributed by atoms with Gasteiger partial charge in [-0.3, -0.25) is 4.79 Å². The molecule has 0 aromatic rings. The second-order valence-corrected chi connectivity index (χ2v) is 7.60. The largest absolute Gasteiger partial charge is 0.389 e. The van der Waals surface area contributed by atoms with Gasteiger partial charge in [-0.1, -0.05) is 13.8 Å². The minimum atomic E-state index is -0.920. The van der Waals surface area contributed by atoms with Gasteiger partial charge in [0, 0.05) is 31.5 Å². The topological polar surface area (TPSA) is 75.8 Å². The predicted octanol–water partition coefficient (Wildman–Crippen LogP) is 0.748. The molecule has 1 amide bonds. The van der Waals surface area contributed by atoms with E-state index in [1.807, 2.05) is 13.8 Å². The average molecular weight is 284 g/mol. The summed E-state index contributed by atoms with van der Waals surface area (Å²) in [4.78, 5) is 14.4. The van der Waals surface area contributed by atoms with E-state index >= 15 is 0 Å². The lowest BCUT2D eigenvalue weighted by Crippen LogP contribution is -2.82. The van der Waals surface area contributed by atoms with Gasteiger partial charge in [-0.15, -0.1) is 0 Å². The molecule has 1 saturated carbocycles. The van der Waals surface area contributed by atoms with Crippen molar-refractivity contribution < 1.29 is 14.6 Å². The van der Waals surface area contributed by atoms with Crippen molar-refractivity contribution in [1.29, 1.82) is 0 Å². The Balaban J connectivity index is 2.19. The van der Waals surface area contributed by atoms with Gasteiger partial charge in [0.05, 0.1) is 11.7 Å². The number of rotatable bonds is 3. The number of hydrogen-bond donors (Lipinski definition) is 2. The molecule has 5 heteroatoms. The van der Waals surface area contributed by atoms with Gasteiger partial charge in [0.25, 0.3) is 0 Å². The smallest absolute Gasteiger partial charge is 0.243 e. The molecule has 1 heterocycles. The maximum atomic E-state index is 12.8. The van der Waals surface area contributed by atoms with Crippen molar-refractivity contribution in [2.75, 3.05) is 20.2 Å². The molecule has 0 aromatic carbocycles. The normalized spacial score (nSPS) is 36.0. The Kier molecular flexibility index (Phi) is 3.68. The molecule has 0 aromatic heterocycles. The Hall–Kier alpha value is -0.650. The summed E-state index contributed by atoms with van der Waals surface area (Å²) >= 11 is 0. The van der Waals surface area contributed by atoms with Crippen LogP contribution in [0.1, 0.15) is 40.5 Å². The molecule has 3 N–H and O–H groups in total. The number of nitrogens with two attached hydrogens (primary N) is 1. The highest BCUT2D eigenvalue weighted by Gasteiger charge is 2.70. The second kappa shape index (κ2) is 4.68. The summed E-state index contributed by atoms with van der Waals surface area (Å²) in [6, 6.07) is 0. The van der Waals surface area contributed by atoms with Gasteiger partial charge in [-0.2, -0.15) is 0 Å². The van der Waals surface area contributed by atoms with Gasteiger partial charge in [0.1, 0.15) is 5.54 Å². The molecule has 0 bridgehead atoms. The monoisotopic (exact) mass is 284 g/mol. The van der Waals surface area contributed by atoms with Crippen LogP contribution in [-0.4, -0.2) is 53.4 Å². The summed E-state index contributed by atoms with van der Waals surface area (Å²) in [7, 11) is 1.71. The standard InChI is InChI=1S/C15H28N2O3/c1-13(2,19)9-17(5)12(18)15(16)10-7-6-8-20-11(10)14(15,3)4/h10-11,19H,6-9,16H2,1-5H3. The molecule has 116 valence electrons. The van der Waals surface area contributed by atoms with Crippen molar-refractivity contribution >= 4 is 5.91 Å². The van der Waals surface area contributed by atoms with E-state index in [0.29, 0.717) is 0 Å². The molecule has 3 unspecified atom stereocenters. The van der Waals surface area contributed by atoms with Gasteiger partial charge in [-0.25, -0.2) is 0 Å². The van der Waals surface area contributed by atoms with Crippen molar-refractivity contribution in [1.82, 2.24) is 4.90 Å². The first-order valence-electron chi connectivity index (χ1n) is 7.40. The molecular formula is C15H28N2O3. The second-order valence-electron chi connectivity index (χ2n) is 7.60. The van der Waals surface area contributed by atoms with E-state index < -0.39 is 11.1 Å². The quantitative estimate of drug-likeness (QED) is 0.802. The summed E-state index contributed by atoms with van der Waals surface area (Å²) in [5, 5.41) is 9.90. The van der Waals surface area contributed by atoms with E-state index in [4.69, 9.17) is 10.5 Å². The first-order valence-corrected chi connectivity index (χ1v) is 7.40. The first-order chi connectivity index (χ1) is 9.02. The Morgan fingerprint density at radius 3 is 2.65 bits per heavy atom. The first kappa shape index (κ1) is 15.7. The van der Waals surface area contributed by atoms with E-state index in [1.54, 1.807) is 25.8 Å². The van der Waals surface area contributed by atoms with Crippen LogP contribution in [0.3, 0.4) is 0 Å². The zero-order chi connectivity index (χ0) is 15.3. The molecular weight excluding hydrogens is 256 g/mol. The van der Waals surface area contributed by atoms with E-state index in [2.05, 4.69) is 0 Å². The van der Waals surface area contributed by atoms with E-state index in [1.165, 1.54) is 0 Å². The van der Waals surface area contributed by atoms with Gasteiger partial charge < -0.3 is 20.5 Å². The van der Waals surface area contributed by atoms with E-state index in [9.17, 15) is 9.90 Å². The summed E-state index contributed by atoms with van der Waals surface area (Å²) in [5.41, 5.74) is 4.36. The molecule has 5 nitrogen and oxygen atoms in total. The zero-order valence-corrected chi connectivity index (χ0v) is 13.3. The van der Waals surface area contributed by atoms with Crippen molar-refractivity contribution in [3.05, 3.63) is 0 Å². The molecule has 0 radical (unpaired) electrons. The molecule has 2 aliphatic rings. The number of carbonyl (C=O) groups is 1. The maximum Gasteiger partial charge on any atom is 0.243 e. The lowest BCUT2D eigenvalue weighted by Gasteiger charge is -2.65. The summed E-state index contributed by atoms with van der Waals surface area (Å²) in [6.45, 7) is 8.44. The number of amides is 1. The number of aliphatic hydroxyl groups is 1. The highest BCUT2D eigenvalue weighted by molar-refractivity contribution is 5.89. The lowest BCUT2D eigenvalue weighted by atomic mass is 9.46. The fraction of sp³-hybridized carbons (Fsp3) is 0.933. The van der Waals surface area contributed by atoms with Crippen LogP contribution in [-0.2, 0) is 9.53 Å². The Morgan fingerprint density at radius 1 is 1.50 bits per heavy atom. The van der Waals surface area contributed by atoms with Crippen LogP contribution < -0.4 is 5.73 Å². The molecule has 0 spiro atoms. The SMILES string of the molecule is CN(CC(C)(C)O)C(=O)C1(N)C2CCCOC2C1(C)C. The molecule has 20 heavy (non-hydrogen) atoms. The molecule has 1 aliphatic carbocycles. The van der Waals surface area contributed by atoms with Gasteiger partial charge in [0.2, 0.25) is 5.91 Å². The van der Waals surface area contributed by atoms with Crippen LogP contribution in [0.5, 0.6) is 0 Å². The third-order valence-corrected chi connectivity index (χ3v) is 5.01. The molecule has 2 rings (SSSR count). The number of hydrogen-bond acceptors (Lipinski definition) is 4. The Bertz CT molecular complexity index is 402. The van der Waals surface area contributed by atoms with E-state index in [-0.39, 0.29) is 29.9 Å². The number of likely N-dealkylation sites (N-methyl/N-ethyl adjacent to an activating group) is 1. The highest BCUT2D eigenvalue weighted by atomic mass is 16.5. The third-order valence-electron chi connectivity index (χ3n) is 5.01. The number of carbonyl (C=O) groups excluding carboxylic acids is 1. The zero-order valence-electron chi connectivity index (χ0n) is 13.3. The molecule has 1 saturated heterocycles.